The van der Waals surface area contributed by atoms with E-state index in [4.69, 9.17) is 0 Å². The fraction of sp³-hybridized carbons (Fsp3) is 0.533. The van der Waals surface area contributed by atoms with E-state index in [1.165, 1.54) is 25.7 Å². The average Bonchev–Trinajstić information content (AvgIpc) is 3.10. The van der Waals surface area contributed by atoms with Crippen LogP contribution in [0.4, 0.5) is 5.82 Å². The third-order valence-corrected chi connectivity index (χ3v) is 3.79. The molecule has 2 aromatic rings. The first-order valence-electron chi connectivity index (χ1n) is 7.38. The monoisotopic (exact) mass is 271 g/mol. The summed E-state index contributed by atoms with van der Waals surface area (Å²) in [5.41, 5.74) is 1.88. The molecule has 0 amide bonds. The highest BCUT2D eigenvalue weighted by atomic mass is 15.3. The topological polar surface area (TPSA) is 55.6 Å². The van der Waals surface area contributed by atoms with Crippen LogP contribution in [0.1, 0.15) is 45.6 Å². The van der Waals surface area contributed by atoms with E-state index in [0.29, 0.717) is 12.1 Å². The molecule has 1 fully saturated rings. The highest BCUT2D eigenvalue weighted by Crippen LogP contribution is 2.23. The Bertz CT molecular complexity index is 552. The van der Waals surface area contributed by atoms with E-state index in [1.54, 1.807) is 0 Å². The predicted molar refractivity (Wildman–Crippen MR) is 79.5 cm³/mol. The molecule has 5 heteroatoms. The molecule has 1 aliphatic rings. The molecule has 20 heavy (non-hydrogen) atoms. The Labute approximate surface area is 119 Å². The summed E-state index contributed by atoms with van der Waals surface area (Å²) in [6, 6.07) is 6.89. The molecule has 2 aromatic heterocycles. The van der Waals surface area contributed by atoms with E-state index >= 15 is 0 Å². The molecule has 0 radical (unpaired) electrons. The van der Waals surface area contributed by atoms with Crippen LogP contribution in [0.2, 0.25) is 0 Å². The summed E-state index contributed by atoms with van der Waals surface area (Å²) >= 11 is 0. The van der Waals surface area contributed by atoms with Gasteiger partial charge < -0.3 is 5.32 Å². The Morgan fingerprint density at radius 1 is 1.15 bits per heavy atom. The van der Waals surface area contributed by atoms with Crippen LogP contribution < -0.4 is 5.32 Å². The van der Waals surface area contributed by atoms with Crippen molar-refractivity contribution < 1.29 is 0 Å². The van der Waals surface area contributed by atoms with Crippen molar-refractivity contribution in [2.24, 2.45) is 0 Å². The van der Waals surface area contributed by atoms with Crippen molar-refractivity contribution in [2.45, 2.75) is 51.6 Å². The Hall–Kier alpha value is -1.91. The van der Waals surface area contributed by atoms with Crippen LogP contribution in [0.5, 0.6) is 0 Å². The summed E-state index contributed by atoms with van der Waals surface area (Å²) in [4.78, 5) is 0. The molecule has 2 heterocycles. The van der Waals surface area contributed by atoms with Crippen LogP contribution in [-0.4, -0.2) is 26.0 Å². The maximum absolute atomic E-state index is 4.33. The molecule has 0 saturated heterocycles. The minimum Gasteiger partial charge on any atom is -0.366 e. The fourth-order valence-electron chi connectivity index (χ4n) is 2.75. The zero-order chi connectivity index (χ0) is 13.9. The minimum atomic E-state index is 0.318. The Morgan fingerprint density at radius 2 is 1.95 bits per heavy atom. The van der Waals surface area contributed by atoms with Gasteiger partial charge in [-0.15, -0.1) is 10.2 Å². The lowest BCUT2D eigenvalue weighted by Crippen LogP contribution is -2.15. The summed E-state index contributed by atoms with van der Waals surface area (Å²) in [6.45, 7) is 4.22. The molecule has 0 unspecified atom stereocenters. The van der Waals surface area contributed by atoms with E-state index in [9.17, 15) is 0 Å². The number of anilines is 1. The summed E-state index contributed by atoms with van der Waals surface area (Å²) < 4.78 is 1.97. The number of hydrogen-bond acceptors (Lipinski definition) is 4. The van der Waals surface area contributed by atoms with Crippen LogP contribution in [0.3, 0.4) is 0 Å². The van der Waals surface area contributed by atoms with Gasteiger partial charge in [-0.3, -0.25) is 4.68 Å². The zero-order valence-corrected chi connectivity index (χ0v) is 12.1. The molecule has 0 atom stereocenters. The van der Waals surface area contributed by atoms with Crippen molar-refractivity contribution >= 4 is 5.82 Å². The third kappa shape index (κ3) is 2.66. The number of hydrogen-bond donors (Lipinski definition) is 1. The first-order valence-corrected chi connectivity index (χ1v) is 7.38. The molecule has 5 nitrogen and oxygen atoms in total. The van der Waals surface area contributed by atoms with Gasteiger partial charge >= 0.3 is 0 Å². The number of rotatable bonds is 4. The van der Waals surface area contributed by atoms with Crippen LogP contribution >= 0.6 is 0 Å². The predicted octanol–water partition coefficient (Wildman–Crippen LogP) is 3.28. The Morgan fingerprint density at radius 3 is 2.60 bits per heavy atom. The van der Waals surface area contributed by atoms with Crippen molar-refractivity contribution in [3.8, 4) is 11.4 Å². The average molecular weight is 271 g/mol. The van der Waals surface area contributed by atoms with Gasteiger partial charge in [-0.1, -0.05) is 12.8 Å². The lowest BCUT2D eigenvalue weighted by Gasteiger charge is -2.13. The van der Waals surface area contributed by atoms with Gasteiger partial charge in [0.2, 0.25) is 0 Å². The van der Waals surface area contributed by atoms with Gasteiger partial charge in [-0.2, -0.15) is 5.10 Å². The van der Waals surface area contributed by atoms with Crippen molar-refractivity contribution in [1.82, 2.24) is 20.0 Å². The molecule has 0 aromatic carbocycles. The SMILES string of the molecule is CC(C)n1nccc1-c1ccc(NC2CCCC2)nn1. The van der Waals surface area contributed by atoms with Crippen molar-refractivity contribution in [3.05, 3.63) is 24.4 Å². The van der Waals surface area contributed by atoms with Crippen LogP contribution in [0.15, 0.2) is 24.4 Å². The highest BCUT2D eigenvalue weighted by Gasteiger charge is 2.15. The first kappa shape index (κ1) is 13.1. The van der Waals surface area contributed by atoms with E-state index in [1.807, 2.05) is 29.1 Å². The fourth-order valence-corrected chi connectivity index (χ4v) is 2.75. The summed E-state index contributed by atoms with van der Waals surface area (Å²) in [7, 11) is 0. The lowest BCUT2D eigenvalue weighted by molar-refractivity contribution is 0.537. The third-order valence-electron chi connectivity index (χ3n) is 3.79. The lowest BCUT2D eigenvalue weighted by atomic mass is 10.2. The normalized spacial score (nSPS) is 15.9. The van der Waals surface area contributed by atoms with E-state index in [0.717, 1.165) is 17.2 Å². The number of aromatic nitrogens is 4. The number of nitrogens with zero attached hydrogens (tertiary/aromatic N) is 4. The Kier molecular flexibility index (Phi) is 3.67. The highest BCUT2D eigenvalue weighted by molar-refractivity contribution is 5.55. The van der Waals surface area contributed by atoms with Crippen LogP contribution in [0, 0.1) is 0 Å². The summed E-state index contributed by atoms with van der Waals surface area (Å²) in [5.74, 6) is 0.872. The molecule has 0 aliphatic heterocycles. The molecule has 1 N–H and O–H groups in total. The molecular weight excluding hydrogens is 250 g/mol. The second kappa shape index (κ2) is 5.61. The minimum absolute atomic E-state index is 0.318. The van der Waals surface area contributed by atoms with Crippen LogP contribution in [0.25, 0.3) is 11.4 Å². The standard InChI is InChI=1S/C15H21N5/c1-11(2)20-14(9-10-16-20)13-7-8-15(19-18-13)17-12-5-3-4-6-12/h7-12H,3-6H2,1-2H3,(H,17,19). The van der Waals surface area contributed by atoms with Crippen molar-refractivity contribution in [3.63, 3.8) is 0 Å². The van der Waals surface area contributed by atoms with Gasteiger partial charge in [0.15, 0.2) is 0 Å². The van der Waals surface area contributed by atoms with Gasteiger partial charge in [-0.25, -0.2) is 0 Å². The largest absolute Gasteiger partial charge is 0.366 e. The molecular formula is C15H21N5. The smallest absolute Gasteiger partial charge is 0.148 e. The zero-order valence-electron chi connectivity index (χ0n) is 12.1. The van der Waals surface area contributed by atoms with Crippen molar-refractivity contribution in [1.29, 1.82) is 0 Å². The van der Waals surface area contributed by atoms with Crippen LogP contribution in [-0.2, 0) is 0 Å². The number of nitrogens with one attached hydrogen (secondary N) is 1. The quantitative estimate of drug-likeness (QED) is 0.927. The second-order valence-corrected chi connectivity index (χ2v) is 5.68. The molecule has 0 bridgehead atoms. The molecule has 3 rings (SSSR count). The summed E-state index contributed by atoms with van der Waals surface area (Å²) in [5, 5.41) is 16.4. The summed E-state index contributed by atoms with van der Waals surface area (Å²) in [6.07, 6.45) is 6.92. The van der Waals surface area contributed by atoms with Gasteiger partial charge in [0, 0.05) is 18.3 Å². The van der Waals surface area contributed by atoms with E-state index in [2.05, 4.69) is 34.5 Å². The van der Waals surface area contributed by atoms with Gasteiger partial charge in [0.1, 0.15) is 11.5 Å². The second-order valence-electron chi connectivity index (χ2n) is 5.68. The van der Waals surface area contributed by atoms with Crippen molar-refractivity contribution in [2.75, 3.05) is 5.32 Å². The van der Waals surface area contributed by atoms with Gasteiger partial charge in [0.25, 0.3) is 0 Å². The van der Waals surface area contributed by atoms with Gasteiger partial charge in [0.05, 0.1) is 5.69 Å². The molecule has 0 spiro atoms. The first-order chi connectivity index (χ1) is 9.74. The van der Waals surface area contributed by atoms with E-state index < -0.39 is 0 Å². The molecule has 1 aliphatic carbocycles. The maximum Gasteiger partial charge on any atom is 0.148 e. The van der Waals surface area contributed by atoms with Gasteiger partial charge in [-0.05, 0) is 44.9 Å². The molecule has 1 saturated carbocycles. The van der Waals surface area contributed by atoms with E-state index in [-0.39, 0.29) is 0 Å². The maximum atomic E-state index is 4.33. The Balaban J connectivity index is 1.76. The molecule has 106 valence electrons.